The Morgan fingerprint density at radius 1 is 1.25 bits per heavy atom. The molecule has 0 radical (unpaired) electrons. The molecule has 2 aliphatic rings. The molecule has 1 N–H and O–H groups in total. The van der Waals surface area contributed by atoms with E-state index in [9.17, 15) is 14.4 Å². The number of hydrogen-bond acceptors (Lipinski definition) is 6. The maximum atomic E-state index is 13.1. The number of nitrogens with zero attached hydrogens (tertiary/aromatic N) is 4. The number of fused-ring (bicyclic) bond motifs is 4. The second kappa shape index (κ2) is 7.21. The van der Waals surface area contributed by atoms with Crippen molar-refractivity contribution in [3.05, 3.63) is 46.0 Å². The summed E-state index contributed by atoms with van der Waals surface area (Å²) in [6, 6.07) is 4.38. The molecule has 28 heavy (non-hydrogen) atoms. The topological polar surface area (TPSA) is 110 Å². The Bertz CT molecular complexity index is 965. The molecular formula is C19H23N5O4. The van der Waals surface area contributed by atoms with Gasteiger partial charge in [0.25, 0.3) is 5.56 Å². The third kappa shape index (κ3) is 3.21. The highest BCUT2D eigenvalue weighted by Gasteiger charge is 2.44. The van der Waals surface area contributed by atoms with Gasteiger partial charge in [-0.15, -0.1) is 10.2 Å². The van der Waals surface area contributed by atoms with Crippen LogP contribution in [0.1, 0.15) is 49.7 Å². The molecule has 0 aliphatic carbocycles. The average molecular weight is 385 g/mol. The number of aromatic nitrogens is 3. The van der Waals surface area contributed by atoms with Gasteiger partial charge in [-0.25, -0.2) is 0 Å². The number of amides is 2. The minimum Gasteiger partial charge on any atom is -0.423 e. The molecule has 148 valence electrons. The summed E-state index contributed by atoms with van der Waals surface area (Å²) in [7, 11) is 0. The summed E-state index contributed by atoms with van der Waals surface area (Å²) < 4.78 is 7.03. The van der Waals surface area contributed by atoms with Gasteiger partial charge in [-0.05, 0) is 12.5 Å². The molecular weight excluding hydrogens is 362 g/mol. The van der Waals surface area contributed by atoms with E-state index in [0.717, 1.165) is 12.1 Å². The fourth-order valence-corrected chi connectivity index (χ4v) is 4.30. The van der Waals surface area contributed by atoms with E-state index in [4.69, 9.17) is 4.42 Å². The molecule has 1 saturated heterocycles. The van der Waals surface area contributed by atoms with Crippen molar-refractivity contribution >= 4 is 11.8 Å². The maximum Gasteiger partial charge on any atom is 0.251 e. The lowest BCUT2D eigenvalue weighted by molar-refractivity contribution is -0.135. The number of pyridine rings is 1. The Labute approximate surface area is 161 Å². The average Bonchev–Trinajstić information content (AvgIpc) is 3.15. The van der Waals surface area contributed by atoms with Gasteiger partial charge < -0.3 is 14.6 Å². The Balaban J connectivity index is 1.62. The Hall–Kier alpha value is -2.97. The Kier molecular flexibility index (Phi) is 4.74. The molecule has 0 spiro atoms. The van der Waals surface area contributed by atoms with Crippen LogP contribution in [0, 0.1) is 5.92 Å². The SMILES string of the molecule is CCc1nnc(CNC(=O)[C@H]2[C@H]3C[C@H](CN(C(C)=O)C3)c3cccc(=O)n32)o1. The van der Waals surface area contributed by atoms with Crippen LogP contribution in [-0.2, 0) is 22.6 Å². The minimum atomic E-state index is -0.671. The van der Waals surface area contributed by atoms with Gasteiger partial charge in [0.05, 0.1) is 6.54 Å². The number of rotatable bonds is 4. The van der Waals surface area contributed by atoms with Crippen molar-refractivity contribution < 1.29 is 14.0 Å². The highest BCUT2D eigenvalue weighted by atomic mass is 16.4. The van der Waals surface area contributed by atoms with Gasteiger partial charge in [0.2, 0.25) is 23.6 Å². The van der Waals surface area contributed by atoms with Crippen LogP contribution < -0.4 is 10.9 Å². The monoisotopic (exact) mass is 385 g/mol. The zero-order valence-corrected chi connectivity index (χ0v) is 15.9. The molecule has 2 aromatic rings. The van der Waals surface area contributed by atoms with Gasteiger partial charge in [0.1, 0.15) is 6.04 Å². The Morgan fingerprint density at radius 3 is 2.75 bits per heavy atom. The molecule has 2 bridgehead atoms. The molecule has 9 heteroatoms. The van der Waals surface area contributed by atoms with Crippen molar-refractivity contribution in [1.82, 2.24) is 25.0 Å². The van der Waals surface area contributed by atoms with Crippen LogP contribution in [0.15, 0.2) is 27.4 Å². The highest BCUT2D eigenvalue weighted by Crippen LogP contribution is 2.41. The second-order valence-corrected chi connectivity index (χ2v) is 7.38. The molecule has 0 aromatic carbocycles. The zero-order valence-electron chi connectivity index (χ0n) is 15.9. The van der Waals surface area contributed by atoms with Crippen molar-refractivity contribution in [1.29, 1.82) is 0 Å². The van der Waals surface area contributed by atoms with E-state index in [1.165, 1.54) is 13.0 Å². The van der Waals surface area contributed by atoms with E-state index < -0.39 is 6.04 Å². The van der Waals surface area contributed by atoms with Gasteiger partial charge in [0.15, 0.2) is 0 Å². The first-order valence-electron chi connectivity index (χ1n) is 9.53. The molecule has 9 nitrogen and oxygen atoms in total. The number of piperidine rings is 1. The van der Waals surface area contributed by atoms with Gasteiger partial charge >= 0.3 is 0 Å². The summed E-state index contributed by atoms with van der Waals surface area (Å²) in [4.78, 5) is 39.4. The van der Waals surface area contributed by atoms with Crippen molar-refractivity contribution in [3.63, 3.8) is 0 Å². The number of carbonyl (C=O) groups is 2. The number of nitrogens with one attached hydrogen (secondary N) is 1. The largest absolute Gasteiger partial charge is 0.423 e. The van der Waals surface area contributed by atoms with Gasteiger partial charge in [0, 0.05) is 50.0 Å². The van der Waals surface area contributed by atoms with E-state index in [-0.39, 0.29) is 35.8 Å². The fourth-order valence-electron chi connectivity index (χ4n) is 4.30. The van der Waals surface area contributed by atoms with Crippen molar-refractivity contribution in [2.75, 3.05) is 13.1 Å². The predicted molar refractivity (Wildman–Crippen MR) is 98.4 cm³/mol. The lowest BCUT2D eigenvalue weighted by Crippen LogP contribution is -2.54. The highest BCUT2D eigenvalue weighted by molar-refractivity contribution is 5.81. The lowest BCUT2D eigenvalue weighted by Gasteiger charge is -2.46. The van der Waals surface area contributed by atoms with Gasteiger partial charge in [-0.3, -0.25) is 19.0 Å². The van der Waals surface area contributed by atoms with Crippen LogP contribution in [-0.4, -0.2) is 44.6 Å². The molecule has 4 rings (SSSR count). The maximum absolute atomic E-state index is 13.1. The van der Waals surface area contributed by atoms with Crippen LogP contribution in [0.4, 0.5) is 0 Å². The minimum absolute atomic E-state index is 0.0152. The second-order valence-electron chi connectivity index (χ2n) is 7.38. The fraction of sp³-hybridized carbons (Fsp3) is 0.526. The summed E-state index contributed by atoms with van der Waals surface area (Å²) in [5.74, 6) is 0.482. The first kappa shape index (κ1) is 18.4. The van der Waals surface area contributed by atoms with E-state index >= 15 is 0 Å². The molecule has 1 fully saturated rings. The quantitative estimate of drug-likeness (QED) is 0.826. The van der Waals surface area contributed by atoms with Crippen LogP contribution in [0.2, 0.25) is 0 Å². The predicted octanol–water partition coefficient (Wildman–Crippen LogP) is 0.617. The summed E-state index contributed by atoms with van der Waals surface area (Å²) in [5.41, 5.74) is 0.607. The van der Waals surface area contributed by atoms with Crippen LogP contribution in [0.5, 0.6) is 0 Å². The van der Waals surface area contributed by atoms with Gasteiger partial charge in [-0.1, -0.05) is 13.0 Å². The smallest absolute Gasteiger partial charge is 0.251 e. The normalized spacial score (nSPS) is 23.2. The van der Waals surface area contributed by atoms with E-state index in [0.29, 0.717) is 31.3 Å². The van der Waals surface area contributed by atoms with Crippen LogP contribution in [0.25, 0.3) is 0 Å². The van der Waals surface area contributed by atoms with Crippen LogP contribution >= 0.6 is 0 Å². The summed E-state index contributed by atoms with van der Waals surface area (Å²) in [6.07, 6.45) is 1.39. The van der Waals surface area contributed by atoms with E-state index in [1.54, 1.807) is 15.5 Å². The standard InChI is InChI=1S/C19H23N5O4/c1-3-15-21-22-16(28-15)8-20-19(27)18-13-7-12(9-23(10-13)11(2)25)14-5-4-6-17(26)24(14)18/h4-6,12-13,18H,3,7-10H2,1-2H3,(H,20,27)/t12-,13+,18-/m1/s1. The third-order valence-electron chi connectivity index (χ3n) is 5.59. The molecule has 3 atom stereocenters. The van der Waals surface area contributed by atoms with Crippen molar-refractivity contribution in [2.24, 2.45) is 5.92 Å². The number of aryl methyl sites for hydroxylation is 1. The first-order valence-corrected chi connectivity index (χ1v) is 9.53. The molecule has 0 unspecified atom stereocenters. The molecule has 2 amide bonds. The third-order valence-corrected chi connectivity index (χ3v) is 5.59. The number of likely N-dealkylation sites (tertiary alicyclic amines) is 1. The molecule has 4 heterocycles. The van der Waals surface area contributed by atoms with Gasteiger partial charge in [-0.2, -0.15) is 0 Å². The Morgan fingerprint density at radius 2 is 2.04 bits per heavy atom. The summed E-state index contributed by atoms with van der Waals surface area (Å²) in [6.45, 7) is 4.58. The van der Waals surface area contributed by atoms with E-state index in [1.807, 2.05) is 13.0 Å². The zero-order chi connectivity index (χ0) is 19.8. The summed E-state index contributed by atoms with van der Waals surface area (Å²) >= 11 is 0. The summed E-state index contributed by atoms with van der Waals surface area (Å²) in [5, 5.41) is 10.6. The number of carbonyl (C=O) groups excluding carboxylic acids is 2. The van der Waals surface area contributed by atoms with E-state index in [2.05, 4.69) is 15.5 Å². The molecule has 2 aliphatic heterocycles. The number of hydrogen-bond donors (Lipinski definition) is 1. The van der Waals surface area contributed by atoms with Crippen molar-refractivity contribution in [2.45, 2.75) is 45.2 Å². The molecule has 2 aromatic heterocycles. The first-order chi connectivity index (χ1) is 13.5. The van der Waals surface area contributed by atoms with Crippen LogP contribution in [0.3, 0.4) is 0 Å². The van der Waals surface area contributed by atoms with Crippen molar-refractivity contribution in [3.8, 4) is 0 Å². The molecule has 0 saturated carbocycles. The lowest BCUT2D eigenvalue weighted by atomic mass is 9.78.